The zero-order valence-corrected chi connectivity index (χ0v) is 8.03. The third-order valence-electron chi connectivity index (χ3n) is 2.44. The molecule has 0 atom stereocenters. The Bertz CT molecular complexity index is 354. The number of nitriles is 1. The Hall–Kier alpha value is -1.69. The first-order valence-corrected chi connectivity index (χ1v) is 4.86. The van der Waals surface area contributed by atoms with E-state index in [0.29, 0.717) is 6.42 Å². The van der Waals surface area contributed by atoms with Crippen molar-refractivity contribution in [2.75, 3.05) is 29.9 Å². The Morgan fingerprint density at radius 1 is 1.43 bits per heavy atom. The summed E-state index contributed by atoms with van der Waals surface area (Å²) in [4.78, 5) is 2.26. The van der Waals surface area contributed by atoms with Crippen LogP contribution in [0.25, 0.3) is 0 Å². The van der Waals surface area contributed by atoms with E-state index in [-0.39, 0.29) is 0 Å². The van der Waals surface area contributed by atoms with Gasteiger partial charge in [-0.3, -0.25) is 0 Å². The van der Waals surface area contributed by atoms with Crippen molar-refractivity contribution in [3.63, 3.8) is 0 Å². The van der Waals surface area contributed by atoms with Gasteiger partial charge in [-0.15, -0.1) is 0 Å². The second kappa shape index (κ2) is 4.01. The van der Waals surface area contributed by atoms with Gasteiger partial charge < -0.3 is 10.2 Å². The molecular formula is C11H13N3. The van der Waals surface area contributed by atoms with E-state index in [9.17, 15) is 0 Å². The molecule has 1 N–H and O–H groups in total. The van der Waals surface area contributed by atoms with Crippen molar-refractivity contribution in [1.29, 1.82) is 5.26 Å². The highest BCUT2D eigenvalue weighted by atomic mass is 15.2. The minimum Gasteiger partial charge on any atom is -0.382 e. The monoisotopic (exact) mass is 187 g/mol. The lowest BCUT2D eigenvalue weighted by molar-refractivity contribution is 0.786. The fraction of sp³-hybridized carbons (Fsp3) is 0.364. The molecule has 0 spiro atoms. The SMILES string of the molecule is N#CCCN1CCNc2ccccc21. The maximum Gasteiger partial charge on any atom is 0.0640 e. The highest BCUT2D eigenvalue weighted by molar-refractivity contribution is 5.71. The Balaban J connectivity index is 2.18. The molecule has 0 aliphatic carbocycles. The van der Waals surface area contributed by atoms with Crippen LogP contribution in [0.2, 0.25) is 0 Å². The molecule has 1 aliphatic rings. The maximum absolute atomic E-state index is 8.55. The Morgan fingerprint density at radius 2 is 2.29 bits per heavy atom. The standard InChI is InChI=1S/C11H13N3/c12-6-3-8-14-9-7-13-10-4-1-2-5-11(10)14/h1-2,4-5,13H,3,7-9H2. The van der Waals surface area contributed by atoms with Gasteiger partial charge in [0.1, 0.15) is 0 Å². The summed E-state index contributed by atoms with van der Waals surface area (Å²) in [7, 11) is 0. The predicted molar refractivity (Wildman–Crippen MR) is 57.4 cm³/mol. The highest BCUT2D eigenvalue weighted by Crippen LogP contribution is 2.27. The zero-order valence-electron chi connectivity index (χ0n) is 8.03. The average Bonchev–Trinajstić information content (AvgIpc) is 2.26. The topological polar surface area (TPSA) is 39.1 Å². The summed E-state index contributed by atoms with van der Waals surface area (Å²) in [6.07, 6.45) is 0.592. The lowest BCUT2D eigenvalue weighted by Crippen LogP contribution is -2.34. The number of rotatable bonds is 2. The summed E-state index contributed by atoms with van der Waals surface area (Å²) in [6, 6.07) is 10.4. The number of fused-ring (bicyclic) bond motifs is 1. The molecule has 3 nitrogen and oxygen atoms in total. The molecule has 72 valence electrons. The molecule has 3 heteroatoms. The molecule has 0 bridgehead atoms. The fourth-order valence-corrected chi connectivity index (χ4v) is 1.76. The largest absolute Gasteiger partial charge is 0.382 e. The van der Waals surface area contributed by atoms with Crippen LogP contribution in [0.1, 0.15) is 6.42 Å². The molecule has 1 aromatic rings. The number of anilines is 2. The van der Waals surface area contributed by atoms with Crippen LogP contribution >= 0.6 is 0 Å². The number of benzene rings is 1. The average molecular weight is 187 g/mol. The first-order valence-electron chi connectivity index (χ1n) is 4.86. The van der Waals surface area contributed by atoms with Gasteiger partial charge in [0.2, 0.25) is 0 Å². The van der Waals surface area contributed by atoms with Crippen molar-refractivity contribution in [3.8, 4) is 6.07 Å². The maximum atomic E-state index is 8.55. The normalized spacial score (nSPS) is 14.1. The molecule has 0 radical (unpaired) electrons. The van der Waals surface area contributed by atoms with E-state index in [4.69, 9.17) is 5.26 Å². The van der Waals surface area contributed by atoms with Gasteiger partial charge in [0.05, 0.1) is 23.9 Å². The third-order valence-corrected chi connectivity index (χ3v) is 2.44. The van der Waals surface area contributed by atoms with E-state index >= 15 is 0 Å². The van der Waals surface area contributed by atoms with Crippen LogP contribution in [0.15, 0.2) is 24.3 Å². The molecule has 0 saturated carbocycles. The molecular weight excluding hydrogens is 174 g/mol. The molecule has 0 amide bonds. The number of hydrogen-bond acceptors (Lipinski definition) is 3. The van der Waals surface area contributed by atoms with E-state index in [1.165, 1.54) is 11.4 Å². The first-order chi connectivity index (χ1) is 6.92. The van der Waals surface area contributed by atoms with E-state index in [1.807, 2.05) is 12.1 Å². The number of para-hydroxylation sites is 2. The second-order valence-electron chi connectivity index (χ2n) is 3.34. The van der Waals surface area contributed by atoms with Gasteiger partial charge in [0.25, 0.3) is 0 Å². The van der Waals surface area contributed by atoms with E-state index in [2.05, 4.69) is 28.4 Å². The minimum absolute atomic E-state index is 0.592. The van der Waals surface area contributed by atoms with Crippen LogP contribution in [-0.4, -0.2) is 19.6 Å². The van der Waals surface area contributed by atoms with Crippen molar-refractivity contribution in [2.24, 2.45) is 0 Å². The molecule has 14 heavy (non-hydrogen) atoms. The van der Waals surface area contributed by atoms with Gasteiger partial charge >= 0.3 is 0 Å². The highest BCUT2D eigenvalue weighted by Gasteiger charge is 2.14. The smallest absolute Gasteiger partial charge is 0.0640 e. The summed E-state index contributed by atoms with van der Waals surface area (Å²) in [5.41, 5.74) is 2.39. The minimum atomic E-state index is 0.592. The third kappa shape index (κ3) is 1.64. The van der Waals surface area contributed by atoms with Gasteiger partial charge in [0, 0.05) is 19.6 Å². The van der Waals surface area contributed by atoms with Crippen molar-refractivity contribution in [1.82, 2.24) is 0 Å². The van der Waals surface area contributed by atoms with Crippen molar-refractivity contribution < 1.29 is 0 Å². The molecule has 0 unspecified atom stereocenters. The quantitative estimate of drug-likeness (QED) is 0.767. The van der Waals surface area contributed by atoms with Gasteiger partial charge in [-0.2, -0.15) is 5.26 Å². The molecule has 1 aromatic carbocycles. The summed E-state index contributed by atoms with van der Waals surface area (Å²) in [5, 5.41) is 11.9. The van der Waals surface area contributed by atoms with E-state index < -0.39 is 0 Å². The van der Waals surface area contributed by atoms with Crippen molar-refractivity contribution >= 4 is 11.4 Å². The summed E-state index contributed by atoms with van der Waals surface area (Å²) in [5.74, 6) is 0. The summed E-state index contributed by atoms with van der Waals surface area (Å²) >= 11 is 0. The van der Waals surface area contributed by atoms with E-state index in [0.717, 1.165) is 19.6 Å². The van der Waals surface area contributed by atoms with Gasteiger partial charge in [-0.05, 0) is 12.1 Å². The van der Waals surface area contributed by atoms with Gasteiger partial charge in [-0.25, -0.2) is 0 Å². The van der Waals surface area contributed by atoms with Crippen LogP contribution in [-0.2, 0) is 0 Å². The van der Waals surface area contributed by atoms with Crippen molar-refractivity contribution in [3.05, 3.63) is 24.3 Å². The molecule has 0 saturated heterocycles. The predicted octanol–water partition coefficient (Wildman–Crippen LogP) is 1.83. The molecule has 0 aromatic heterocycles. The lowest BCUT2D eigenvalue weighted by Gasteiger charge is -2.31. The summed E-state index contributed by atoms with van der Waals surface area (Å²) in [6.45, 7) is 2.77. The Kier molecular flexibility index (Phi) is 2.55. The van der Waals surface area contributed by atoms with Crippen molar-refractivity contribution in [2.45, 2.75) is 6.42 Å². The molecule has 0 fully saturated rings. The van der Waals surface area contributed by atoms with Crippen LogP contribution < -0.4 is 10.2 Å². The van der Waals surface area contributed by atoms with Crippen LogP contribution in [0.3, 0.4) is 0 Å². The number of hydrogen-bond donors (Lipinski definition) is 1. The van der Waals surface area contributed by atoms with Gasteiger partial charge in [0.15, 0.2) is 0 Å². The lowest BCUT2D eigenvalue weighted by atomic mass is 10.2. The van der Waals surface area contributed by atoms with Crippen LogP contribution in [0, 0.1) is 11.3 Å². The number of nitrogens with zero attached hydrogens (tertiary/aromatic N) is 2. The fourth-order valence-electron chi connectivity index (χ4n) is 1.76. The van der Waals surface area contributed by atoms with E-state index in [1.54, 1.807) is 0 Å². The Morgan fingerprint density at radius 3 is 3.14 bits per heavy atom. The van der Waals surface area contributed by atoms with Gasteiger partial charge in [-0.1, -0.05) is 12.1 Å². The molecule has 1 aliphatic heterocycles. The second-order valence-corrected chi connectivity index (χ2v) is 3.34. The van der Waals surface area contributed by atoms with Crippen LogP contribution in [0.5, 0.6) is 0 Å². The van der Waals surface area contributed by atoms with Crippen LogP contribution in [0.4, 0.5) is 11.4 Å². The summed E-state index contributed by atoms with van der Waals surface area (Å²) < 4.78 is 0. The number of nitrogens with one attached hydrogen (secondary N) is 1. The zero-order chi connectivity index (χ0) is 9.80. The molecule has 2 rings (SSSR count). The molecule has 1 heterocycles. The first kappa shape index (κ1) is 8.89. The Labute approximate surface area is 84.0 Å².